The number of nitrogens with two attached hydrogens (primary N) is 1. The summed E-state index contributed by atoms with van der Waals surface area (Å²) in [6.45, 7) is 3.18. The van der Waals surface area contributed by atoms with Crippen LogP contribution in [0.2, 0.25) is 0 Å². The van der Waals surface area contributed by atoms with Crippen LogP contribution in [0.25, 0.3) is 0 Å². The number of hydrogen-bond donors (Lipinski definition) is 1. The van der Waals surface area contributed by atoms with Crippen LogP contribution in [0.3, 0.4) is 0 Å². The summed E-state index contributed by atoms with van der Waals surface area (Å²) in [6, 6.07) is 0. The molecule has 1 saturated heterocycles. The van der Waals surface area contributed by atoms with E-state index in [9.17, 15) is 9.59 Å². The SMILES string of the molecule is CN1CCN(CC(N)=O)C[C@@H](C(=O)N(C)C)C1. The van der Waals surface area contributed by atoms with Crippen LogP contribution in [-0.2, 0) is 9.59 Å². The van der Waals surface area contributed by atoms with Crippen molar-refractivity contribution in [1.82, 2.24) is 14.7 Å². The highest BCUT2D eigenvalue weighted by Gasteiger charge is 2.27. The Bertz CT molecular complexity index is 293. The Balaban J connectivity index is 2.68. The molecule has 6 heteroatoms. The van der Waals surface area contributed by atoms with Crippen LogP contribution < -0.4 is 5.73 Å². The molecule has 0 aliphatic carbocycles. The molecule has 0 aromatic heterocycles. The molecule has 1 atom stereocenters. The van der Waals surface area contributed by atoms with E-state index in [1.807, 2.05) is 11.9 Å². The second kappa shape index (κ2) is 5.97. The van der Waals surface area contributed by atoms with Gasteiger partial charge in [-0.3, -0.25) is 14.5 Å². The number of rotatable bonds is 3. The first kappa shape index (κ1) is 13.9. The van der Waals surface area contributed by atoms with Crippen LogP contribution in [0.15, 0.2) is 0 Å². The predicted molar refractivity (Wildman–Crippen MR) is 65.3 cm³/mol. The maximum absolute atomic E-state index is 12.0. The Labute approximate surface area is 102 Å². The minimum absolute atomic E-state index is 0.0863. The molecule has 6 nitrogen and oxygen atoms in total. The van der Waals surface area contributed by atoms with Crippen molar-refractivity contribution >= 4 is 11.8 Å². The minimum Gasteiger partial charge on any atom is -0.369 e. The van der Waals surface area contributed by atoms with Gasteiger partial charge in [-0.2, -0.15) is 0 Å². The van der Waals surface area contributed by atoms with Crippen LogP contribution in [0, 0.1) is 5.92 Å². The van der Waals surface area contributed by atoms with Crippen LogP contribution in [0.5, 0.6) is 0 Å². The molecule has 0 aromatic carbocycles. The van der Waals surface area contributed by atoms with Gasteiger partial charge in [0, 0.05) is 40.3 Å². The van der Waals surface area contributed by atoms with Crippen molar-refractivity contribution in [2.75, 3.05) is 53.9 Å². The maximum Gasteiger partial charge on any atom is 0.231 e. The normalized spacial score (nSPS) is 23.1. The van der Waals surface area contributed by atoms with Gasteiger partial charge in [-0.1, -0.05) is 0 Å². The van der Waals surface area contributed by atoms with Crippen molar-refractivity contribution in [3.05, 3.63) is 0 Å². The molecule has 0 saturated carbocycles. The highest BCUT2D eigenvalue weighted by molar-refractivity contribution is 5.79. The van der Waals surface area contributed by atoms with E-state index in [1.165, 1.54) is 0 Å². The second-order valence-corrected chi connectivity index (χ2v) is 4.89. The third kappa shape index (κ3) is 4.32. The van der Waals surface area contributed by atoms with E-state index < -0.39 is 0 Å². The van der Waals surface area contributed by atoms with Gasteiger partial charge >= 0.3 is 0 Å². The molecular weight excluding hydrogens is 220 g/mol. The Morgan fingerprint density at radius 2 is 1.94 bits per heavy atom. The molecule has 0 spiro atoms. The highest BCUT2D eigenvalue weighted by atomic mass is 16.2. The fraction of sp³-hybridized carbons (Fsp3) is 0.818. The Morgan fingerprint density at radius 1 is 1.29 bits per heavy atom. The molecule has 2 amide bonds. The zero-order valence-corrected chi connectivity index (χ0v) is 10.8. The summed E-state index contributed by atoms with van der Waals surface area (Å²) < 4.78 is 0. The van der Waals surface area contributed by atoms with E-state index in [4.69, 9.17) is 5.73 Å². The third-order valence-electron chi connectivity index (χ3n) is 2.98. The molecule has 1 heterocycles. The van der Waals surface area contributed by atoms with E-state index >= 15 is 0 Å². The molecule has 1 fully saturated rings. The lowest BCUT2D eigenvalue weighted by Crippen LogP contribution is -2.42. The summed E-state index contributed by atoms with van der Waals surface area (Å²) in [5.41, 5.74) is 5.20. The van der Waals surface area contributed by atoms with Gasteiger partial charge in [0.15, 0.2) is 0 Å². The molecule has 2 N–H and O–H groups in total. The highest BCUT2D eigenvalue weighted by Crippen LogP contribution is 2.10. The molecule has 98 valence electrons. The lowest BCUT2D eigenvalue weighted by molar-refractivity contribution is -0.134. The van der Waals surface area contributed by atoms with Crippen LogP contribution in [-0.4, -0.2) is 80.4 Å². The monoisotopic (exact) mass is 242 g/mol. The lowest BCUT2D eigenvalue weighted by atomic mass is 10.1. The average Bonchev–Trinajstić information content (AvgIpc) is 2.39. The molecule has 0 aromatic rings. The smallest absolute Gasteiger partial charge is 0.231 e. The number of primary amides is 1. The van der Waals surface area contributed by atoms with Crippen molar-refractivity contribution in [2.24, 2.45) is 11.7 Å². The summed E-state index contributed by atoms with van der Waals surface area (Å²) in [5.74, 6) is -0.323. The van der Waals surface area contributed by atoms with Gasteiger partial charge < -0.3 is 15.5 Å². The molecule has 0 unspecified atom stereocenters. The number of carbonyl (C=O) groups is 2. The molecule has 1 aliphatic rings. The standard InChI is InChI=1S/C11H22N4O2/c1-13(2)11(17)9-6-14(3)4-5-15(7-9)8-10(12)16/h9H,4-8H2,1-3H3,(H2,12,16)/t9-/m0/s1. The molecule has 0 radical (unpaired) electrons. The third-order valence-corrected chi connectivity index (χ3v) is 2.98. The zero-order valence-electron chi connectivity index (χ0n) is 10.8. The van der Waals surface area contributed by atoms with Crippen molar-refractivity contribution in [3.8, 4) is 0 Å². The summed E-state index contributed by atoms with van der Waals surface area (Å²) in [4.78, 5) is 28.6. The second-order valence-electron chi connectivity index (χ2n) is 4.89. The zero-order chi connectivity index (χ0) is 13.0. The van der Waals surface area contributed by atoms with Gasteiger partial charge in [-0.05, 0) is 7.05 Å². The fourth-order valence-corrected chi connectivity index (χ4v) is 2.13. The fourth-order valence-electron chi connectivity index (χ4n) is 2.13. The molecule has 1 aliphatic heterocycles. The Hall–Kier alpha value is -1.14. The summed E-state index contributed by atoms with van der Waals surface area (Å²) in [6.07, 6.45) is 0. The first-order valence-corrected chi connectivity index (χ1v) is 5.80. The lowest BCUT2D eigenvalue weighted by Gasteiger charge is -2.24. The van der Waals surface area contributed by atoms with Crippen molar-refractivity contribution < 1.29 is 9.59 Å². The number of likely N-dealkylation sites (N-methyl/N-ethyl adjacent to an activating group) is 1. The van der Waals surface area contributed by atoms with Gasteiger partial charge in [0.1, 0.15) is 0 Å². The summed E-state index contributed by atoms with van der Waals surface area (Å²) >= 11 is 0. The van der Waals surface area contributed by atoms with E-state index in [0.717, 1.165) is 19.6 Å². The number of amides is 2. The first-order chi connectivity index (χ1) is 7.90. The van der Waals surface area contributed by atoms with Crippen LogP contribution in [0.4, 0.5) is 0 Å². The summed E-state index contributed by atoms with van der Waals surface area (Å²) in [7, 11) is 5.50. The van der Waals surface area contributed by atoms with Gasteiger partial charge in [0.25, 0.3) is 0 Å². The molecule has 0 bridgehead atoms. The largest absolute Gasteiger partial charge is 0.369 e. The van der Waals surface area contributed by atoms with E-state index in [1.54, 1.807) is 19.0 Å². The van der Waals surface area contributed by atoms with Crippen LogP contribution in [0.1, 0.15) is 0 Å². The first-order valence-electron chi connectivity index (χ1n) is 5.80. The van der Waals surface area contributed by atoms with Crippen LogP contribution >= 0.6 is 0 Å². The van der Waals surface area contributed by atoms with Crippen molar-refractivity contribution in [1.29, 1.82) is 0 Å². The van der Waals surface area contributed by atoms with E-state index in [0.29, 0.717) is 6.54 Å². The Kier molecular flexibility index (Phi) is 4.89. The van der Waals surface area contributed by atoms with Gasteiger partial charge in [-0.15, -0.1) is 0 Å². The quantitative estimate of drug-likeness (QED) is 0.649. The minimum atomic E-state index is -0.342. The van der Waals surface area contributed by atoms with Gasteiger partial charge in [0.2, 0.25) is 11.8 Å². The molecule has 17 heavy (non-hydrogen) atoms. The number of nitrogens with zero attached hydrogens (tertiary/aromatic N) is 3. The number of carbonyl (C=O) groups excluding carboxylic acids is 2. The number of hydrogen-bond acceptors (Lipinski definition) is 4. The summed E-state index contributed by atoms with van der Waals surface area (Å²) in [5, 5.41) is 0. The predicted octanol–water partition coefficient (Wildman–Crippen LogP) is -1.58. The maximum atomic E-state index is 12.0. The van der Waals surface area contributed by atoms with Gasteiger partial charge in [-0.25, -0.2) is 0 Å². The van der Waals surface area contributed by atoms with Gasteiger partial charge in [0.05, 0.1) is 12.5 Å². The topological polar surface area (TPSA) is 69.9 Å². The van der Waals surface area contributed by atoms with Crippen molar-refractivity contribution in [3.63, 3.8) is 0 Å². The average molecular weight is 242 g/mol. The Morgan fingerprint density at radius 3 is 2.47 bits per heavy atom. The molecular formula is C11H22N4O2. The van der Waals surface area contributed by atoms with E-state index in [-0.39, 0.29) is 24.3 Å². The van der Waals surface area contributed by atoms with E-state index in [2.05, 4.69) is 4.90 Å². The molecule has 1 rings (SSSR count). The van der Waals surface area contributed by atoms with Crippen molar-refractivity contribution in [2.45, 2.75) is 0 Å².